The number of carbonyl (C=O) groups is 2. The molecule has 1 rings (SSSR count). The van der Waals surface area contributed by atoms with E-state index in [9.17, 15) is 9.59 Å². The van der Waals surface area contributed by atoms with Crippen LogP contribution in [0.5, 0.6) is 5.75 Å². The van der Waals surface area contributed by atoms with Crippen molar-refractivity contribution in [3.05, 3.63) is 30.3 Å². The monoisotopic (exact) mass is 474 g/mol. The molecular weight excluding hydrogens is 424 g/mol. The Labute approximate surface area is 208 Å². The molecular formula is C30H50O4. The van der Waals surface area contributed by atoms with Crippen LogP contribution in [0.4, 0.5) is 0 Å². The Morgan fingerprint density at radius 2 is 0.824 bits per heavy atom. The number of unbranched alkanes of at least 4 members (excludes halogenated alkanes) is 19. The van der Waals surface area contributed by atoms with E-state index in [1.807, 2.05) is 30.3 Å². The van der Waals surface area contributed by atoms with Crippen molar-refractivity contribution >= 4 is 11.9 Å². The number of para-hydroxylation sites is 1. The van der Waals surface area contributed by atoms with Crippen molar-refractivity contribution in [1.82, 2.24) is 0 Å². The topological polar surface area (TPSA) is 63.6 Å². The molecule has 0 bridgehead atoms. The minimum atomic E-state index is -0.663. The van der Waals surface area contributed by atoms with Crippen molar-refractivity contribution in [3.63, 3.8) is 0 Å². The Morgan fingerprint density at radius 1 is 0.500 bits per heavy atom. The molecule has 0 aliphatic rings. The molecule has 0 saturated carbocycles. The smallest absolute Gasteiger partial charge is 0.311 e. The van der Waals surface area contributed by atoms with E-state index in [-0.39, 0.29) is 5.97 Å². The van der Waals surface area contributed by atoms with Crippen LogP contribution in [0.2, 0.25) is 0 Å². The Kier molecular flexibility index (Phi) is 20.4. The summed E-state index contributed by atoms with van der Waals surface area (Å²) in [7, 11) is 0. The number of benzene rings is 1. The molecule has 194 valence electrons. The lowest BCUT2D eigenvalue weighted by atomic mass is 10.0. The third-order valence-electron chi connectivity index (χ3n) is 6.50. The zero-order valence-corrected chi connectivity index (χ0v) is 21.6. The maximum Gasteiger partial charge on any atom is 0.311 e. The van der Waals surface area contributed by atoms with Crippen LogP contribution in [0, 0.1) is 0 Å². The van der Waals surface area contributed by atoms with Gasteiger partial charge in [-0.25, -0.2) is 0 Å². The van der Waals surface area contributed by atoms with Gasteiger partial charge in [0.2, 0.25) is 0 Å². The summed E-state index contributed by atoms with van der Waals surface area (Å²) in [6.07, 6.45) is 26.2. The van der Waals surface area contributed by atoms with Gasteiger partial charge < -0.3 is 9.84 Å². The molecule has 0 spiro atoms. The summed E-state index contributed by atoms with van der Waals surface area (Å²) in [4.78, 5) is 22.2. The summed E-state index contributed by atoms with van der Waals surface area (Å²) in [6.45, 7) is 0. The quantitative estimate of drug-likeness (QED) is 0.0921. The average Bonchev–Trinajstić information content (AvgIpc) is 2.82. The van der Waals surface area contributed by atoms with E-state index < -0.39 is 5.97 Å². The van der Waals surface area contributed by atoms with Gasteiger partial charge >= 0.3 is 11.9 Å². The van der Waals surface area contributed by atoms with Gasteiger partial charge in [0.1, 0.15) is 5.75 Å². The van der Waals surface area contributed by atoms with E-state index in [2.05, 4.69) is 0 Å². The first-order chi connectivity index (χ1) is 16.7. The zero-order valence-electron chi connectivity index (χ0n) is 21.6. The second kappa shape index (κ2) is 22.9. The van der Waals surface area contributed by atoms with E-state index in [0.29, 0.717) is 18.6 Å². The van der Waals surface area contributed by atoms with Crippen LogP contribution in [0.25, 0.3) is 0 Å². The summed E-state index contributed by atoms with van der Waals surface area (Å²) in [5, 5.41) is 8.61. The van der Waals surface area contributed by atoms with Gasteiger partial charge in [0.05, 0.1) is 0 Å². The molecule has 0 heterocycles. The fraction of sp³-hybridized carbons (Fsp3) is 0.733. The first-order valence-corrected chi connectivity index (χ1v) is 14.2. The van der Waals surface area contributed by atoms with Gasteiger partial charge in [-0.2, -0.15) is 0 Å². The molecule has 34 heavy (non-hydrogen) atoms. The van der Waals surface area contributed by atoms with Crippen molar-refractivity contribution in [1.29, 1.82) is 0 Å². The molecule has 4 heteroatoms. The number of esters is 1. The van der Waals surface area contributed by atoms with E-state index in [4.69, 9.17) is 9.84 Å². The highest BCUT2D eigenvalue weighted by atomic mass is 16.5. The number of carbonyl (C=O) groups excluding carboxylic acids is 1. The van der Waals surface area contributed by atoms with Gasteiger partial charge in [-0.05, 0) is 25.0 Å². The molecule has 0 atom stereocenters. The van der Waals surface area contributed by atoms with Gasteiger partial charge in [-0.3, -0.25) is 9.59 Å². The van der Waals surface area contributed by atoms with Crippen LogP contribution in [0.3, 0.4) is 0 Å². The second-order valence-electron chi connectivity index (χ2n) is 9.75. The Hall–Kier alpha value is -1.84. The van der Waals surface area contributed by atoms with Crippen LogP contribution in [0.1, 0.15) is 141 Å². The number of carboxylic acids is 1. The predicted molar refractivity (Wildman–Crippen MR) is 141 cm³/mol. The molecule has 0 radical (unpaired) electrons. The largest absolute Gasteiger partial charge is 0.481 e. The first kappa shape index (κ1) is 30.2. The maximum atomic E-state index is 11.8. The van der Waals surface area contributed by atoms with Crippen molar-refractivity contribution in [2.45, 2.75) is 141 Å². The minimum Gasteiger partial charge on any atom is -0.481 e. The highest BCUT2D eigenvalue weighted by molar-refractivity contribution is 5.72. The van der Waals surface area contributed by atoms with Crippen molar-refractivity contribution in [2.24, 2.45) is 0 Å². The first-order valence-electron chi connectivity index (χ1n) is 14.2. The summed E-state index contributed by atoms with van der Waals surface area (Å²) >= 11 is 0. The van der Waals surface area contributed by atoms with Gasteiger partial charge in [0.25, 0.3) is 0 Å². The normalized spacial score (nSPS) is 10.9. The molecule has 0 amide bonds. The van der Waals surface area contributed by atoms with E-state index in [1.165, 1.54) is 103 Å². The summed E-state index contributed by atoms with van der Waals surface area (Å²) < 4.78 is 5.31. The fourth-order valence-electron chi connectivity index (χ4n) is 4.40. The Bertz CT molecular complexity index is 599. The van der Waals surface area contributed by atoms with Crippen molar-refractivity contribution in [3.8, 4) is 5.75 Å². The number of rotatable bonds is 24. The number of hydrogen-bond acceptors (Lipinski definition) is 3. The summed E-state index contributed by atoms with van der Waals surface area (Å²) in [5.41, 5.74) is 0. The van der Waals surface area contributed by atoms with Gasteiger partial charge in [-0.1, -0.05) is 134 Å². The Balaban J connectivity index is 1.70. The molecule has 0 aliphatic carbocycles. The average molecular weight is 475 g/mol. The lowest BCUT2D eigenvalue weighted by Gasteiger charge is -2.05. The maximum absolute atomic E-state index is 11.8. The van der Waals surface area contributed by atoms with E-state index >= 15 is 0 Å². The van der Waals surface area contributed by atoms with E-state index in [1.54, 1.807) is 0 Å². The van der Waals surface area contributed by atoms with Gasteiger partial charge in [0, 0.05) is 12.8 Å². The van der Waals surface area contributed by atoms with Gasteiger partial charge in [0.15, 0.2) is 0 Å². The molecule has 0 fully saturated rings. The van der Waals surface area contributed by atoms with Gasteiger partial charge in [-0.15, -0.1) is 0 Å². The molecule has 1 aromatic rings. The molecule has 4 nitrogen and oxygen atoms in total. The highest BCUT2D eigenvalue weighted by Crippen LogP contribution is 2.16. The zero-order chi connectivity index (χ0) is 24.5. The van der Waals surface area contributed by atoms with Crippen molar-refractivity contribution < 1.29 is 19.4 Å². The molecule has 1 aromatic carbocycles. The molecule has 0 unspecified atom stereocenters. The Morgan fingerprint density at radius 3 is 1.18 bits per heavy atom. The van der Waals surface area contributed by atoms with Crippen LogP contribution in [0.15, 0.2) is 30.3 Å². The predicted octanol–water partition coefficient (Wildman–Crippen LogP) is 9.26. The van der Waals surface area contributed by atoms with Crippen LogP contribution < -0.4 is 4.74 Å². The van der Waals surface area contributed by atoms with E-state index in [0.717, 1.165) is 25.7 Å². The van der Waals surface area contributed by atoms with Crippen LogP contribution in [-0.4, -0.2) is 17.0 Å². The van der Waals surface area contributed by atoms with Crippen LogP contribution in [-0.2, 0) is 9.59 Å². The second-order valence-corrected chi connectivity index (χ2v) is 9.75. The number of aliphatic carboxylic acids is 1. The molecule has 1 N–H and O–H groups in total. The third-order valence-corrected chi connectivity index (χ3v) is 6.50. The number of ether oxygens (including phenoxy) is 1. The number of carboxylic acid groups (broad SMARTS) is 1. The lowest BCUT2D eigenvalue weighted by molar-refractivity contribution is -0.137. The summed E-state index contributed by atoms with van der Waals surface area (Å²) in [5.74, 6) is -0.140. The minimum absolute atomic E-state index is 0.118. The fourth-order valence-corrected chi connectivity index (χ4v) is 4.40. The van der Waals surface area contributed by atoms with Crippen LogP contribution >= 0.6 is 0 Å². The SMILES string of the molecule is O=C(O)CCCCCCCCCCCCCCCCCCCCCCC(=O)Oc1ccccc1. The standard InChI is InChI=1S/C30H50O4/c31-29(32)26-22-17-15-13-11-9-7-5-3-1-2-4-6-8-10-12-14-16-18-23-27-30(33)34-28-24-20-19-21-25-28/h19-21,24-25H,1-18,22-23,26-27H2,(H,31,32). The van der Waals surface area contributed by atoms with Crippen molar-refractivity contribution in [2.75, 3.05) is 0 Å². The molecule has 0 saturated heterocycles. The third kappa shape index (κ3) is 20.7. The summed E-state index contributed by atoms with van der Waals surface area (Å²) in [6, 6.07) is 9.31. The molecule has 0 aliphatic heterocycles. The lowest BCUT2D eigenvalue weighted by Crippen LogP contribution is -2.07. The highest BCUT2D eigenvalue weighted by Gasteiger charge is 2.04. The number of hydrogen-bond donors (Lipinski definition) is 1. The molecule has 0 aromatic heterocycles.